The Morgan fingerprint density at radius 2 is 2.08 bits per heavy atom. The van der Waals surface area contributed by atoms with Gasteiger partial charge in [-0.15, -0.1) is 5.10 Å². The average molecular weight is 346 g/mol. The number of rotatable bonds is 3. The van der Waals surface area contributed by atoms with E-state index in [-0.39, 0.29) is 17.8 Å². The molecular formula is C15H18N6O2S. The predicted molar refractivity (Wildman–Crippen MR) is 92.8 cm³/mol. The zero-order chi connectivity index (χ0) is 17.5. The Labute approximate surface area is 143 Å². The molecular weight excluding hydrogens is 328 g/mol. The highest BCUT2D eigenvalue weighted by molar-refractivity contribution is 8.00. The van der Waals surface area contributed by atoms with Gasteiger partial charge in [0.15, 0.2) is 0 Å². The van der Waals surface area contributed by atoms with Crippen molar-refractivity contribution in [3.63, 3.8) is 0 Å². The molecule has 0 bridgehead atoms. The van der Waals surface area contributed by atoms with Gasteiger partial charge in [-0.05, 0) is 32.9 Å². The van der Waals surface area contributed by atoms with Gasteiger partial charge in [-0.2, -0.15) is 4.98 Å². The summed E-state index contributed by atoms with van der Waals surface area (Å²) in [6.45, 7) is 5.20. The summed E-state index contributed by atoms with van der Waals surface area (Å²) in [5.74, 6) is -0.232. The zero-order valence-corrected chi connectivity index (χ0v) is 14.3. The molecule has 0 fully saturated rings. The molecule has 3 rings (SSSR count). The van der Waals surface area contributed by atoms with Crippen molar-refractivity contribution in [3.8, 4) is 0 Å². The summed E-state index contributed by atoms with van der Waals surface area (Å²) in [5.41, 5.74) is 5.80. The van der Waals surface area contributed by atoms with Crippen molar-refractivity contribution in [2.24, 2.45) is 0 Å². The van der Waals surface area contributed by atoms with Gasteiger partial charge in [0.25, 0.3) is 0 Å². The molecule has 1 aliphatic heterocycles. The van der Waals surface area contributed by atoms with E-state index in [1.54, 1.807) is 26.8 Å². The molecule has 2 amide bonds. The monoisotopic (exact) mass is 346 g/mol. The maximum Gasteiger partial charge on any atom is 0.250 e. The summed E-state index contributed by atoms with van der Waals surface area (Å²) in [4.78, 5) is 31.0. The summed E-state index contributed by atoms with van der Waals surface area (Å²) in [5, 5.41) is 9.21. The fraction of sp³-hybridized carbons (Fsp3) is 0.333. The minimum atomic E-state index is -1.00. The van der Waals surface area contributed by atoms with Gasteiger partial charge < -0.3 is 11.1 Å². The summed E-state index contributed by atoms with van der Waals surface area (Å²) < 4.78 is 0. The van der Waals surface area contributed by atoms with Crippen molar-refractivity contribution >= 4 is 40.9 Å². The first-order chi connectivity index (χ1) is 11.3. The number of hydrogen-bond acceptors (Lipinski definition) is 6. The van der Waals surface area contributed by atoms with E-state index in [4.69, 9.17) is 5.73 Å². The van der Waals surface area contributed by atoms with Crippen LogP contribution >= 0.6 is 11.8 Å². The van der Waals surface area contributed by atoms with Gasteiger partial charge in [0.1, 0.15) is 5.54 Å². The van der Waals surface area contributed by atoms with E-state index in [0.717, 1.165) is 0 Å². The Morgan fingerprint density at radius 1 is 1.38 bits per heavy atom. The summed E-state index contributed by atoms with van der Waals surface area (Å²) in [6.07, 6.45) is 0. The molecule has 1 atom stereocenters. The van der Waals surface area contributed by atoms with Crippen molar-refractivity contribution in [1.29, 1.82) is 0 Å². The van der Waals surface area contributed by atoms with Gasteiger partial charge in [-0.3, -0.25) is 14.5 Å². The fourth-order valence-electron chi connectivity index (χ4n) is 2.55. The van der Waals surface area contributed by atoms with E-state index in [1.165, 1.54) is 16.7 Å². The van der Waals surface area contributed by atoms with Crippen molar-refractivity contribution < 1.29 is 9.59 Å². The third-order valence-corrected chi connectivity index (χ3v) is 4.79. The van der Waals surface area contributed by atoms with Crippen LogP contribution in [0.5, 0.6) is 0 Å². The van der Waals surface area contributed by atoms with E-state index in [9.17, 15) is 9.59 Å². The van der Waals surface area contributed by atoms with E-state index < -0.39 is 10.8 Å². The van der Waals surface area contributed by atoms with Crippen molar-refractivity contribution in [2.75, 3.05) is 16.0 Å². The molecule has 126 valence electrons. The summed E-state index contributed by atoms with van der Waals surface area (Å²) in [7, 11) is 0. The van der Waals surface area contributed by atoms with Crippen LogP contribution in [0.4, 0.5) is 17.3 Å². The Balaban J connectivity index is 1.93. The number of aromatic amines is 1. The van der Waals surface area contributed by atoms with Crippen LogP contribution in [0, 0.1) is 0 Å². The molecule has 0 spiro atoms. The number of carbonyl (C=O) groups excluding carboxylic acids is 2. The number of nitrogens with one attached hydrogen (secondary N) is 2. The predicted octanol–water partition coefficient (Wildman–Crippen LogP) is 1.63. The van der Waals surface area contributed by atoms with Crippen molar-refractivity contribution in [1.82, 2.24) is 15.2 Å². The molecule has 1 aromatic carbocycles. The van der Waals surface area contributed by atoms with E-state index in [2.05, 4.69) is 20.5 Å². The summed E-state index contributed by atoms with van der Waals surface area (Å²) in [6, 6.07) is 7.24. The maximum absolute atomic E-state index is 13.1. The molecule has 4 N–H and O–H groups in total. The van der Waals surface area contributed by atoms with Crippen LogP contribution in [0.2, 0.25) is 0 Å². The largest absolute Gasteiger partial charge is 0.368 e. The number of H-pyrrole nitrogens is 1. The normalized spacial score (nSPS) is 17.1. The molecule has 0 aliphatic carbocycles. The Hall–Kier alpha value is -2.55. The lowest BCUT2D eigenvalue weighted by molar-refractivity contribution is -0.126. The Bertz CT molecular complexity index is 803. The molecule has 2 heterocycles. The topological polar surface area (TPSA) is 117 Å². The number of para-hydroxylation sites is 2. The van der Waals surface area contributed by atoms with Crippen molar-refractivity contribution in [2.45, 2.75) is 36.7 Å². The van der Waals surface area contributed by atoms with Crippen LogP contribution in [0.1, 0.15) is 20.8 Å². The van der Waals surface area contributed by atoms with Gasteiger partial charge in [-0.1, -0.05) is 23.9 Å². The number of carbonyl (C=O) groups is 2. The lowest BCUT2D eigenvalue weighted by atomic mass is 9.96. The van der Waals surface area contributed by atoms with Crippen LogP contribution in [0.25, 0.3) is 0 Å². The number of hydrogen-bond donors (Lipinski definition) is 3. The summed E-state index contributed by atoms with van der Waals surface area (Å²) >= 11 is 1.19. The first kappa shape index (κ1) is 16.3. The molecule has 9 heteroatoms. The molecule has 0 unspecified atom stereocenters. The highest BCUT2D eigenvalue weighted by Gasteiger charge is 2.44. The number of thioether (sulfide) groups is 1. The fourth-order valence-corrected chi connectivity index (χ4v) is 3.32. The van der Waals surface area contributed by atoms with Crippen LogP contribution in [-0.2, 0) is 9.59 Å². The van der Waals surface area contributed by atoms with Crippen LogP contribution in [-0.4, -0.2) is 37.8 Å². The SMILES string of the molecule is C[C@H](Sc1n[nH]c(N)n1)C(=O)N1c2ccccc2NC(=O)C1(C)C. The lowest BCUT2D eigenvalue weighted by Crippen LogP contribution is -2.60. The van der Waals surface area contributed by atoms with Crippen LogP contribution in [0.15, 0.2) is 29.4 Å². The van der Waals surface area contributed by atoms with E-state index >= 15 is 0 Å². The van der Waals surface area contributed by atoms with Gasteiger partial charge in [0, 0.05) is 0 Å². The van der Waals surface area contributed by atoms with Gasteiger partial charge >= 0.3 is 0 Å². The van der Waals surface area contributed by atoms with Gasteiger partial charge in [0.05, 0.1) is 16.6 Å². The standard InChI is InChI=1S/C15H18N6O2S/c1-8(24-14-18-13(16)19-20-14)11(22)21-10-7-5-4-6-9(10)17-12(23)15(21,2)3/h4-8H,1-3H3,(H,17,23)(H3,16,18,19,20)/t8-/m0/s1. The lowest BCUT2D eigenvalue weighted by Gasteiger charge is -2.42. The number of nitrogens with two attached hydrogens (primary N) is 1. The molecule has 1 aromatic heterocycles. The second-order valence-corrected chi connectivity index (χ2v) is 7.28. The first-order valence-corrected chi connectivity index (χ1v) is 8.28. The minimum Gasteiger partial charge on any atom is -0.368 e. The number of nitrogens with zero attached hydrogens (tertiary/aromatic N) is 3. The van der Waals surface area contributed by atoms with Gasteiger partial charge in [-0.25, -0.2) is 5.10 Å². The minimum absolute atomic E-state index is 0.195. The number of amides is 2. The molecule has 1 aliphatic rings. The molecule has 8 nitrogen and oxygen atoms in total. The quantitative estimate of drug-likeness (QED) is 0.727. The smallest absolute Gasteiger partial charge is 0.250 e. The zero-order valence-electron chi connectivity index (χ0n) is 13.5. The average Bonchev–Trinajstić information content (AvgIpc) is 2.93. The van der Waals surface area contributed by atoms with Crippen LogP contribution < -0.4 is 16.0 Å². The molecule has 24 heavy (non-hydrogen) atoms. The number of nitrogen functional groups attached to an aromatic ring is 1. The second kappa shape index (κ2) is 5.82. The number of fused-ring (bicyclic) bond motifs is 1. The third-order valence-electron chi connectivity index (χ3n) is 3.84. The second-order valence-electron chi connectivity index (χ2n) is 5.97. The maximum atomic E-state index is 13.1. The first-order valence-electron chi connectivity index (χ1n) is 7.40. The Morgan fingerprint density at radius 3 is 2.75 bits per heavy atom. The Kier molecular flexibility index (Phi) is 3.96. The van der Waals surface area contributed by atoms with Crippen molar-refractivity contribution in [3.05, 3.63) is 24.3 Å². The third kappa shape index (κ3) is 2.71. The highest BCUT2D eigenvalue weighted by Crippen LogP contribution is 2.38. The molecule has 0 saturated carbocycles. The molecule has 0 saturated heterocycles. The number of anilines is 3. The molecule has 0 radical (unpaired) electrons. The van der Waals surface area contributed by atoms with Crippen LogP contribution in [0.3, 0.4) is 0 Å². The number of benzene rings is 1. The van der Waals surface area contributed by atoms with E-state index in [0.29, 0.717) is 16.5 Å². The van der Waals surface area contributed by atoms with Gasteiger partial charge in [0.2, 0.25) is 22.9 Å². The number of aromatic nitrogens is 3. The highest BCUT2D eigenvalue weighted by atomic mass is 32.2. The molecule has 2 aromatic rings. The van der Waals surface area contributed by atoms with E-state index in [1.807, 2.05) is 18.2 Å².